The Labute approximate surface area is 197 Å². The van der Waals surface area contributed by atoms with E-state index in [4.69, 9.17) is 9.90 Å². The van der Waals surface area contributed by atoms with Gasteiger partial charge in [-0.15, -0.1) is 5.10 Å². The van der Waals surface area contributed by atoms with Crippen molar-refractivity contribution in [3.8, 4) is 0 Å². The Morgan fingerprint density at radius 1 is 1.17 bits per heavy atom. The number of nitrogens with one attached hydrogen (secondary N) is 2. The van der Waals surface area contributed by atoms with Gasteiger partial charge >= 0.3 is 12.1 Å². The molecule has 1 unspecified atom stereocenters. The molecule has 0 spiro atoms. The molecule has 1 aliphatic rings. The third-order valence-electron chi connectivity index (χ3n) is 5.18. The number of aliphatic hydroxyl groups excluding tert-OH is 1. The number of amides is 1. The first-order valence-electron chi connectivity index (χ1n) is 10.6. The molecule has 1 aromatic carbocycles. The molecule has 14 heteroatoms. The number of aryl methyl sites for hydroxylation is 2. The van der Waals surface area contributed by atoms with E-state index in [1.807, 2.05) is 32.0 Å². The topological polar surface area (TPSA) is 129 Å². The number of hydrogen-bond donors (Lipinski definition) is 4. The number of piperidine rings is 1. The summed E-state index contributed by atoms with van der Waals surface area (Å²) in [6.45, 7) is 4.86. The van der Waals surface area contributed by atoms with Gasteiger partial charge in [0.1, 0.15) is 5.69 Å². The second-order valence-electron chi connectivity index (χ2n) is 7.98. The fraction of sp³-hybridized carbons (Fsp3) is 0.524. The Bertz CT molecular complexity index is 1000. The largest absolute Gasteiger partial charge is 0.490 e. The molecule has 1 saturated heterocycles. The number of hydrogen-bond acceptors (Lipinski definition) is 6. The predicted molar refractivity (Wildman–Crippen MR) is 113 cm³/mol. The van der Waals surface area contributed by atoms with Crippen molar-refractivity contribution in [3.05, 3.63) is 46.3 Å². The average Bonchev–Trinajstić information content (AvgIpc) is 3.23. The molecule has 2 aromatic rings. The van der Waals surface area contributed by atoms with Crippen LogP contribution in [0.1, 0.15) is 64.2 Å². The molecule has 35 heavy (non-hydrogen) atoms. The van der Waals surface area contributed by atoms with Gasteiger partial charge in [0.15, 0.2) is 5.69 Å². The fourth-order valence-electron chi connectivity index (χ4n) is 3.66. The lowest BCUT2D eigenvalue weighted by Gasteiger charge is -2.24. The number of carbonyl (C=O) groups is 2. The van der Waals surface area contributed by atoms with Gasteiger partial charge in [-0.25, -0.2) is 18.3 Å². The van der Waals surface area contributed by atoms with Gasteiger partial charge in [-0.2, -0.15) is 13.2 Å². The second-order valence-corrected chi connectivity index (χ2v) is 7.98. The number of alkyl halides is 5. The standard InChI is InChI=1S/C19H25F2N5O2.C2HF3O2/c1-11-7-12(2)9-13(8-11)15(10-27)23-19(28)16-17(18(20)21)26(25-24-16)14-3-5-22-6-4-14;3-2(4,5)1(6)7/h7-9,14-15,18,22,27H,3-6,10H2,1-2H3,(H,23,28);(H,6,7). The zero-order valence-corrected chi connectivity index (χ0v) is 18.9. The lowest BCUT2D eigenvalue weighted by atomic mass is 10.0. The van der Waals surface area contributed by atoms with Gasteiger partial charge in [0.25, 0.3) is 12.3 Å². The molecule has 3 rings (SSSR count). The van der Waals surface area contributed by atoms with Crippen LogP contribution in [0.25, 0.3) is 0 Å². The van der Waals surface area contributed by atoms with Crippen LogP contribution in [0.15, 0.2) is 18.2 Å². The van der Waals surface area contributed by atoms with Gasteiger partial charge < -0.3 is 20.8 Å². The summed E-state index contributed by atoms with van der Waals surface area (Å²) >= 11 is 0. The van der Waals surface area contributed by atoms with E-state index >= 15 is 0 Å². The van der Waals surface area contributed by atoms with E-state index in [1.54, 1.807) is 0 Å². The molecule has 1 aliphatic heterocycles. The molecule has 0 aliphatic carbocycles. The SMILES string of the molecule is Cc1cc(C)cc(C(CO)NC(=O)c2nnn(C3CCNCC3)c2C(F)F)c1.O=C(O)C(F)(F)F. The maximum atomic E-state index is 13.7. The first-order chi connectivity index (χ1) is 16.3. The summed E-state index contributed by atoms with van der Waals surface area (Å²) in [5.74, 6) is -3.53. The molecule has 194 valence electrons. The summed E-state index contributed by atoms with van der Waals surface area (Å²) in [6, 6.07) is 4.72. The van der Waals surface area contributed by atoms with Crippen LogP contribution in [0.4, 0.5) is 22.0 Å². The monoisotopic (exact) mass is 507 g/mol. The fourth-order valence-corrected chi connectivity index (χ4v) is 3.66. The van der Waals surface area contributed by atoms with Crippen molar-refractivity contribution >= 4 is 11.9 Å². The zero-order chi connectivity index (χ0) is 26.3. The molecule has 4 N–H and O–H groups in total. The molecular formula is C21H26F5N5O4. The Morgan fingerprint density at radius 2 is 1.71 bits per heavy atom. The van der Waals surface area contributed by atoms with Gasteiger partial charge in [0.2, 0.25) is 0 Å². The number of carboxylic acids is 1. The number of carbonyl (C=O) groups excluding carboxylic acids is 1. The van der Waals surface area contributed by atoms with Gasteiger partial charge in [0, 0.05) is 0 Å². The van der Waals surface area contributed by atoms with E-state index in [9.17, 15) is 31.9 Å². The normalized spacial score (nSPS) is 15.3. The van der Waals surface area contributed by atoms with E-state index in [0.29, 0.717) is 31.5 Å². The summed E-state index contributed by atoms with van der Waals surface area (Å²) < 4.78 is 60.4. The van der Waals surface area contributed by atoms with Crippen LogP contribution in [0.5, 0.6) is 0 Å². The minimum absolute atomic E-state index is 0.215. The average molecular weight is 507 g/mol. The van der Waals surface area contributed by atoms with E-state index in [2.05, 4.69) is 20.9 Å². The Kier molecular flexibility index (Phi) is 9.65. The number of benzene rings is 1. The quantitative estimate of drug-likeness (QED) is 0.443. The molecule has 1 atom stereocenters. The highest BCUT2D eigenvalue weighted by molar-refractivity contribution is 5.93. The summed E-state index contributed by atoms with van der Waals surface area (Å²) in [6.07, 6.45) is -6.67. The number of aromatic nitrogens is 3. The third-order valence-corrected chi connectivity index (χ3v) is 5.18. The molecule has 2 heterocycles. The van der Waals surface area contributed by atoms with Crippen LogP contribution in [0, 0.1) is 13.8 Å². The van der Waals surface area contributed by atoms with Gasteiger partial charge in [-0.3, -0.25) is 4.79 Å². The van der Waals surface area contributed by atoms with Crippen molar-refractivity contribution in [3.63, 3.8) is 0 Å². The summed E-state index contributed by atoms with van der Waals surface area (Å²) in [4.78, 5) is 21.6. The number of halogens is 5. The van der Waals surface area contributed by atoms with E-state index in [-0.39, 0.29) is 12.6 Å². The number of aliphatic hydroxyl groups is 1. The first-order valence-corrected chi connectivity index (χ1v) is 10.6. The molecular weight excluding hydrogens is 481 g/mol. The van der Waals surface area contributed by atoms with Crippen molar-refractivity contribution < 1.29 is 41.8 Å². The van der Waals surface area contributed by atoms with Crippen molar-refractivity contribution in [2.24, 2.45) is 0 Å². The number of aliphatic carboxylic acids is 1. The van der Waals surface area contributed by atoms with Gasteiger partial charge in [0.05, 0.1) is 18.7 Å². The van der Waals surface area contributed by atoms with Crippen LogP contribution in [-0.4, -0.2) is 63.0 Å². The third kappa shape index (κ3) is 7.68. The Morgan fingerprint density at radius 3 is 2.17 bits per heavy atom. The smallest absolute Gasteiger partial charge is 0.475 e. The highest BCUT2D eigenvalue weighted by Crippen LogP contribution is 2.28. The highest BCUT2D eigenvalue weighted by Gasteiger charge is 2.38. The summed E-state index contributed by atoms with van der Waals surface area (Å²) in [7, 11) is 0. The zero-order valence-electron chi connectivity index (χ0n) is 18.9. The van der Waals surface area contributed by atoms with E-state index < -0.39 is 41.9 Å². The Balaban J connectivity index is 0.000000540. The molecule has 1 amide bonds. The van der Waals surface area contributed by atoms with Gasteiger partial charge in [-0.05, 0) is 45.3 Å². The lowest BCUT2D eigenvalue weighted by Crippen LogP contribution is -2.33. The van der Waals surface area contributed by atoms with Crippen LogP contribution in [0.2, 0.25) is 0 Å². The molecule has 0 radical (unpaired) electrons. The molecule has 9 nitrogen and oxygen atoms in total. The van der Waals surface area contributed by atoms with E-state index in [0.717, 1.165) is 11.1 Å². The van der Waals surface area contributed by atoms with Crippen molar-refractivity contribution in [2.45, 2.75) is 51.4 Å². The molecule has 0 saturated carbocycles. The summed E-state index contributed by atoms with van der Waals surface area (Å²) in [5.41, 5.74) is 1.80. The molecule has 0 bridgehead atoms. The number of carboxylic acid groups (broad SMARTS) is 1. The molecule has 1 fully saturated rings. The van der Waals surface area contributed by atoms with Crippen molar-refractivity contribution in [1.29, 1.82) is 0 Å². The van der Waals surface area contributed by atoms with Crippen molar-refractivity contribution in [1.82, 2.24) is 25.6 Å². The second kappa shape index (κ2) is 12.0. The Hall–Kier alpha value is -3.13. The number of nitrogens with zero attached hydrogens (tertiary/aromatic N) is 3. The first kappa shape index (κ1) is 28.1. The van der Waals surface area contributed by atoms with Gasteiger partial charge in [-0.1, -0.05) is 34.5 Å². The minimum Gasteiger partial charge on any atom is -0.475 e. The van der Waals surface area contributed by atoms with Crippen molar-refractivity contribution in [2.75, 3.05) is 19.7 Å². The molecule has 1 aromatic heterocycles. The van der Waals surface area contributed by atoms with E-state index in [1.165, 1.54) is 4.68 Å². The predicted octanol–water partition coefficient (Wildman–Crippen LogP) is 2.85. The van der Waals surface area contributed by atoms with Crippen LogP contribution >= 0.6 is 0 Å². The minimum atomic E-state index is -5.08. The lowest BCUT2D eigenvalue weighted by molar-refractivity contribution is -0.192. The van der Waals surface area contributed by atoms with Crippen LogP contribution in [-0.2, 0) is 4.79 Å². The maximum absolute atomic E-state index is 13.7. The summed E-state index contributed by atoms with van der Waals surface area (Å²) in [5, 5.41) is 30.2. The maximum Gasteiger partial charge on any atom is 0.490 e. The highest BCUT2D eigenvalue weighted by atomic mass is 19.4. The van der Waals surface area contributed by atoms with Crippen LogP contribution in [0.3, 0.4) is 0 Å². The van der Waals surface area contributed by atoms with Crippen LogP contribution < -0.4 is 10.6 Å². The number of rotatable bonds is 6.